The Labute approximate surface area is 136 Å². The van der Waals surface area contributed by atoms with Gasteiger partial charge in [-0.25, -0.2) is 0 Å². The molecule has 3 heterocycles. The lowest BCUT2D eigenvalue weighted by atomic mass is 10.2. The minimum atomic E-state index is 0.0149. The van der Waals surface area contributed by atoms with Gasteiger partial charge in [-0.2, -0.15) is 10.2 Å². The Bertz CT molecular complexity index is 669. The van der Waals surface area contributed by atoms with Crippen molar-refractivity contribution in [3.05, 3.63) is 29.3 Å². The number of amides is 1. The molecule has 3 rings (SSSR count). The molecule has 0 aliphatic carbocycles. The molecule has 0 saturated carbocycles. The van der Waals surface area contributed by atoms with Crippen LogP contribution in [0.3, 0.4) is 0 Å². The Hall–Kier alpha value is -2.15. The van der Waals surface area contributed by atoms with Gasteiger partial charge in [-0.05, 0) is 45.7 Å². The minimum Gasteiger partial charge on any atom is -0.322 e. The van der Waals surface area contributed by atoms with E-state index in [1.807, 2.05) is 31.6 Å². The van der Waals surface area contributed by atoms with Gasteiger partial charge in [-0.15, -0.1) is 0 Å². The summed E-state index contributed by atoms with van der Waals surface area (Å²) in [4.78, 5) is 14.6. The summed E-state index contributed by atoms with van der Waals surface area (Å²) in [6.45, 7) is 8.05. The molecule has 0 aromatic carbocycles. The van der Waals surface area contributed by atoms with Gasteiger partial charge in [-0.3, -0.25) is 19.5 Å². The van der Waals surface area contributed by atoms with E-state index >= 15 is 0 Å². The zero-order valence-corrected chi connectivity index (χ0v) is 14.0. The number of hydrogen-bond acceptors (Lipinski definition) is 4. The average Bonchev–Trinajstić information content (AvgIpc) is 3.18. The highest BCUT2D eigenvalue weighted by atomic mass is 16.2. The van der Waals surface area contributed by atoms with Gasteiger partial charge in [0, 0.05) is 12.2 Å². The lowest BCUT2D eigenvalue weighted by Gasteiger charge is -2.23. The zero-order valence-electron chi connectivity index (χ0n) is 14.0. The Balaban J connectivity index is 1.59. The number of hydrogen-bond donors (Lipinski definition) is 2. The molecule has 0 radical (unpaired) electrons. The van der Waals surface area contributed by atoms with Crippen molar-refractivity contribution in [3.8, 4) is 0 Å². The number of anilines is 1. The topological polar surface area (TPSA) is 78.8 Å². The van der Waals surface area contributed by atoms with E-state index in [1.54, 1.807) is 0 Å². The van der Waals surface area contributed by atoms with Crippen molar-refractivity contribution in [1.82, 2.24) is 24.9 Å². The van der Waals surface area contributed by atoms with Crippen molar-refractivity contribution in [2.24, 2.45) is 0 Å². The standard InChI is InChI=1S/C16H24N6O/c1-11-7-17-22(8-11)9-14-5-4-6-21(14)10-15(23)18-16-12(2)19-20-13(16)3/h7-8,14H,4-6,9-10H2,1-3H3,(H,18,23)(H,19,20). The number of aryl methyl sites for hydroxylation is 3. The van der Waals surface area contributed by atoms with E-state index in [4.69, 9.17) is 0 Å². The third kappa shape index (κ3) is 3.61. The molecular weight excluding hydrogens is 292 g/mol. The summed E-state index contributed by atoms with van der Waals surface area (Å²) in [7, 11) is 0. The van der Waals surface area contributed by atoms with Gasteiger partial charge < -0.3 is 5.32 Å². The van der Waals surface area contributed by atoms with E-state index in [9.17, 15) is 4.79 Å². The highest BCUT2D eigenvalue weighted by Crippen LogP contribution is 2.20. The highest BCUT2D eigenvalue weighted by Gasteiger charge is 2.27. The monoisotopic (exact) mass is 316 g/mol. The molecule has 1 aliphatic heterocycles. The summed E-state index contributed by atoms with van der Waals surface area (Å²) in [5, 5.41) is 14.3. The number of carbonyl (C=O) groups is 1. The summed E-state index contributed by atoms with van der Waals surface area (Å²) in [6, 6.07) is 0.367. The first kappa shape index (κ1) is 15.7. The second-order valence-corrected chi connectivity index (χ2v) is 6.36. The number of aromatic amines is 1. The van der Waals surface area contributed by atoms with Crippen molar-refractivity contribution in [3.63, 3.8) is 0 Å². The SMILES string of the molecule is Cc1cnn(CC2CCCN2CC(=O)Nc2c(C)n[nH]c2C)c1. The highest BCUT2D eigenvalue weighted by molar-refractivity contribution is 5.93. The molecular formula is C16H24N6O. The first-order valence-electron chi connectivity index (χ1n) is 8.07. The Morgan fingerprint density at radius 2 is 2.26 bits per heavy atom. The van der Waals surface area contributed by atoms with Gasteiger partial charge >= 0.3 is 0 Å². The van der Waals surface area contributed by atoms with Crippen LogP contribution in [0.4, 0.5) is 5.69 Å². The van der Waals surface area contributed by atoms with Crippen molar-refractivity contribution in [1.29, 1.82) is 0 Å². The van der Waals surface area contributed by atoms with Gasteiger partial charge in [0.25, 0.3) is 0 Å². The van der Waals surface area contributed by atoms with Crippen molar-refractivity contribution >= 4 is 11.6 Å². The van der Waals surface area contributed by atoms with Crippen LogP contribution in [0.2, 0.25) is 0 Å². The molecule has 1 atom stereocenters. The maximum absolute atomic E-state index is 12.4. The van der Waals surface area contributed by atoms with Crippen LogP contribution in [0.5, 0.6) is 0 Å². The number of H-pyrrole nitrogens is 1. The molecule has 2 N–H and O–H groups in total. The maximum Gasteiger partial charge on any atom is 0.238 e. The average molecular weight is 316 g/mol. The normalized spacial score (nSPS) is 18.5. The van der Waals surface area contributed by atoms with Crippen LogP contribution >= 0.6 is 0 Å². The molecule has 23 heavy (non-hydrogen) atoms. The molecule has 1 unspecified atom stereocenters. The fourth-order valence-corrected chi connectivity index (χ4v) is 3.19. The lowest BCUT2D eigenvalue weighted by Crippen LogP contribution is -2.39. The zero-order chi connectivity index (χ0) is 16.4. The number of aromatic nitrogens is 4. The van der Waals surface area contributed by atoms with Gasteiger partial charge in [0.1, 0.15) is 0 Å². The Morgan fingerprint density at radius 3 is 2.91 bits per heavy atom. The fraction of sp³-hybridized carbons (Fsp3) is 0.562. The van der Waals surface area contributed by atoms with Gasteiger partial charge in [0.15, 0.2) is 0 Å². The molecule has 7 nitrogen and oxygen atoms in total. The van der Waals surface area contributed by atoms with Gasteiger partial charge in [0.2, 0.25) is 5.91 Å². The van der Waals surface area contributed by atoms with Crippen LogP contribution in [0, 0.1) is 20.8 Å². The molecule has 1 fully saturated rings. The summed E-state index contributed by atoms with van der Waals surface area (Å²) < 4.78 is 1.97. The summed E-state index contributed by atoms with van der Waals surface area (Å²) in [6.07, 6.45) is 6.16. The predicted molar refractivity (Wildman–Crippen MR) is 88.3 cm³/mol. The van der Waals surface area contributed by atoms with E-state index in [-0.39, 0.29) is 5.91 Å². The molecule has 2 aromatic heterocycles. The number of nitrogens with one attached hydrogen (secondary N) is 2. The van der Waals surface area contributed by atoms with Crippen LogP contribution < -0.4 is 5.32 Å². The number of likely N-dealkylation sites (tertiary alicyclic amines) is 1. The van der Waals surface area contributed by atoms with E-state index in [2.05, 4.69) is 31.7 Å². The summed E-state index contributed by atoms with van der Waals surface area (Å²) in [5.74, 6) is 0.0149. The quantitative estimate of drug-likeness (QED) is 0.879. The molecule has 0 bridgehead atoms. The van der Waals surface area contributed by atoms with Crippen LogP contribution in [0.1, 0.15) is 29.8 Å². The molecule has 124 valence electrons. The van der Waals surface area contributed by atoms with E-state index in [1.165, 1.54) is 0 Å². The predicted octanol–water partition coefficient (Wildman–Crippen LogP) is 1.63. The van der Waals surface area contributed by atoms with Crippen LogP contribution in [0.25, 0.3) is 0 Å². The molecule has 0 spiro atoms. The van der Waals surface area contributed by atoms with E-state index in [0.717, 1.165) is 48.6 Å². The number of carbonyl (C=O) groups excluding carboxylic acids is 1. The third-order valence-corrected chi connectivity index (χ3v) is 4.40. The van der Waals surface area contributed by atoms with E-state index in [0.29, 0.717) is 12.6 Å². The van der Waals surface area contributed by atoms with E-state index < -0.39 is 0 Å². The maximum atomic E-state index is 12.4. The molecule has 7 heteroatoms. The first-order chi connectivity index (χ1) is 11.0. The van der Waals surface area contributed by atoms with Crippen molar-refractivity contribution in [2.45, 2.75) is 46.2 Å². The fourth-order valence-electron chi connectivity index (χ4n) is 3.19. The van der Waals surface area contributed by atoms with Crippen molar-refractivity contribution < 1.29 is 4.79 Å². The largest absolute Gasteiger partial charge is 0.322 e. The Morgan fingerprint density at radius 1 is 1.43 bits per heavy atom. The van der Waals surface area contributed by atoms with Gasteiger partial charge in [0.05, 0.1) is 36.4 Å². The minimum absolute atomic E-state index is 0.0149. The third-order valence-electron chi connectivity index (χ3n) is 4.40. The summed E-state index contributed by atoms with van der Waals surface area (Å²) in [5.41, 5.74) is 3.67. The molecule has 2 aromatic rings. The first-order valence-corrected chi connectivity index (χ1v) is 8.07. The summed E-state index contributed by atoms with van der Waals surface area (Å²) >= 11 is 0. The van der Waals surface area contributed by atoms with Crippen LogP contribution in [-0.2, 0) is 11.3 Å². The molecule has 1 amide bonds. The number of nitrogens with zero attached hydrogens (tertiary/aromatic N) is 4. The lowest BCUT2D eigenvalue weighted by molar-refractivity contribution is -0.117. The van der Waals surface area contributed by atoms with Crippen LogP contribution in [-0.4, -0.2) is 49.9 Å². The Kier molecular flexibility index (Phi) is 4.47. The van der Waals surface area contributed by atoms with Crippen LogP contribution in [0.15, 0.2) is 12.4 Å². The van der Waals surface area contributed by atoms with Crippen molar-refractivity contribution in [2.75, 3.05) is 18.4 Å². The number of rotatable bonds is 5. The smallest absolute Gasteiger partial charge is 0.238 e. The van der Waals surface area contributed by atoms with Gasteiger partial charge in [-0.1, -0.05) is 0 Å². The molecule has 1 aliphatic rings. The second-order valence-electron chi connectivity index (χ2n) is 6.36. The second kappa shape index (κ2) is 6.54. The molecule has 1 saturated heterocycles.